The van der Waals surface area contributed by atoms with Gasteiger partial charge in [-0.15, -0.1) is 0 Å². The van der Waals surface area contributed by atoms with E-state index in [1.165, 1.54) is 9.80 Å². The Morgan fingerprint density at radius 1 is 0.533 bits per heavy atom. The maximum absolute atomic E-state index is 14.9. The summed E-state index contributed by atoms with van der Waals surface area (Å²) in [4.78, 5) is 63.5. The van der Waals surface area contributed by atoms with E-state index < -0.39 is 35.1 Å². The van der Waals surface area contributed by atoms with Gasteiger partial charge in [0.2, 0.25) is 23.6 Å². The summed E-state index contributed by atoms with van der Waals surface area (Å²) in [6, 6.07) is 31.8. The molecule has 4 atom stereocenters. The number of amides is 4. The summed E-state index contributed by atoms with van der Waals surface area (Å²) in [7, 11) is 0. The van der Waals surface area contributed by atoms with Crippen LogP contribution >= 0.6 is 31.9 Å². The predicted octanol–water partition coefficient (Wildman–Crippen LogP) is 6.74. The van der Waals surface area contributed by atoms with Gasteiger partial charge in [0.15, 0.2) is 0 Å². The monoisotopic (exact) mass is 719 g/mol. The van der Waals surface area contributed by atoms with Gasteiger partial charge in [-0.1, -0.05) is 74.3 Å². The van der Waals surface area contributed by atoms with Gasteiger partial charge in [0.25, 0.3) is 0 Å². The van der Waals surface area contributed by atoms with Crippen molar-refractivity contribution in [1.82, 2.24) is 0 Å². The van der Waals surface area contributed by atoms with Crippen LogP contribution in [0.5, 0.6) is 0 Å². The third-order valence-electron chi connectivity index (χ3n) is 10.3. The molecule has 4 amide bonds. The average molecular weight is 721 g/mol. The zero-order valence-corrected chi connectivity index (χ0v) is 26.7. The van der Waals surface area contributed by atoms with E-state index in [0.717, 1.165) is 31.5 Å². The smallest absolute Gasteiger partial charge is 0.240 e. The molecule has 2 bridgehead atoms. The molecule has 0 radical (unpaired) electrons. The molecule has 45 heavy (non-hydrogen) atoms. The lowest BCUT2D eigenvalue weighted by molar-refractivity contribution is -0.138. The van der Waals surface area contributed by atoms with E-state index in [-0.39, 0.29) is 23.6 Å². The quantitative estimate of drug-likeness (QED) is 0.219. The van der Waals surface area contributed by atoms with Crippen molar-refractivity contribution < 1.29 is 19.2 Å². The lowest BCUT2D eigenvalue weighted by Crippen LogP contribution is -2.68. The molecule has 0 aromatic heterocycles. The maximum atomic E-state index is 14.9. The van der Waals surface area contributed by atoms with Crippen LogP contribution in [-0.4, -0.2) is 29.2 Å². The Kier molecular flexibility index (Phi) is 5.61. The van der Waals surface area contributed by atoms with E-state index in [4.69, 9.17) is 0 Å². The fraction of sp³-hybridized carbons (Fsp3) is 0.167. The molecule has 7 nitrogen and oxygen atoms in total. The summed E-state index contributed by atoms with van der Waals surface area (Å²) in [6.45, 7) is 0. The lowest BCUT2D eigenvalue weighted by atomic mass is 9.47. The van der Waals surface area contributed by atoms with Crippen LogP contribution in [0.1, 0.15) is 5.56 Å². The van der Waals surface area contributed by atoms with Gasteiger partial charge >= 0.3 is 0 Å². The van der Waals surface area contributed by atoms with Crippen molar-refractivity contribution in [1.29, 1.82) is 0 Å². The Balaban J connectivity index is 1.32. The third kappa shape index (κ3) is 3.29. The van der Waals surface area contributed by atoms with Crippen LogP contribution in [0.15, 0.2) is 118 Å². The number of rotatable bonds is 3. The Hall–Kier alpha value is -4.34. The highest BCUT2D eigenvalue weighted by Crippen LogP contribution is 2.71. The molecule has 220 valence electrons. The van der Waals surface area contributed by atoms with Crippen molar-refractivity contribution in [2.45, 2.75) is 5.54 Å². The van der Waals surface area contributed by atoms with E-state index in [1.54, 1.807) is 48.5 Å². The zero-order chi connectivity index (χ0) is 30.8. The van der Waals surface area contributed by atoms with Gasteiger partial charge < -0.3 is 4.90 Å². The zero-order valence-electron chi connectivity index (χ0n) is 23.5. The molecule has 4 aromatic carbocycles. The van der Waals surface area contributed by atoms with Crippen molar-refractivity contribution in [3.05, 3.63) is 124 Å². The molecular weight excluding hydrogens is 698 g/mol. The largest absolute Gasteiger partial charge is 0.329 e. The first-order valence-electron chi connectivity index (χ1n) is 14.8. The number of imide groups is 2. The van der Waals surface area contributed by atoms with Gasteiger partial charge in [0, 0.05) is 31.8 Å². The highest BCUT2D eigenvalue weighted by Gasteiger charge is 2.80. The summed E-state index contributed by atoms with van der Waals surface area (Å²) in [5.41, 5.74) is 3.03. The van der Waals surface area contributed by atoms with E-state index in [1.807, 2.05) is 60.7 Å². The molecule has 9 heteroatoms. The van der Waals surface area contributed by atoms with Crippen LogP contribution in [-0.2, 0) is 19.2 Å². The first kappa shape index (κ1) is 27.0. The minimum Gasteiger partial charge on any atom is -0.329 e. The molecule has 10 rings (SSSR count). The first-order valence-corrected chi connectivity index (χ1v) is 16.4. The number of benzene rings is 4. The van der Waals surface area contributed by atoms with Gasteiger partial charge in [-0.05, 0) is 72.3 Å². The van der Waals surface area contributed by atoms with Crippen LogP contribution in [0.4, 0.5) is 22.7 Å². The second-order valence-electron chi connectivity index (χ2n) is 12.2. The second kappa shape index (κ2) is 9.34. The van der Waals surface area contributed by atoms with E-state index in [0.29, 0.717) is 11.4 Å². The molecule has 3 aliphatic heterocycles. The Morgan fingerprint density at radius 3 is 1.56 bits per heavy atom. The summed E-state index contributed by atoms with van der Waals surface area (Å²) >= 11 is 6.90. The standard InChI is InChI=1S/C36H23Br2N3O4/c37-19-10-14-21(15-11-19)39-32(42)28-25-18-26-24-8-4-5-9-27(24)41(23-6-2-1-3-7-23)36(26,30(28)34(39)44)31-29(25)33(43)40(35(31)45)22-16-12-20(38)13-17-22/h1-18,25,28-31H. The first-order chi connectivity index (χ1) is 21.8. The fourth-order valence-electron chi connectivity index (χ4n) is 8.79. The molecular formula is C36H23Br2N3O4. The van der Waals surface area contributed by atoms with Gasteiger partial charge in [-0.2, -0.15) is 0 Å². The van der Waals surface area contributed by atoms with Crippen molar-refractivity contribution >= 4 is 83.8 Å². The van der Waals surface area contributed by atoms with Gasteiger partial charge in [-0.25, -0.2) is 9.80 Å². The number of allylic oxidation sites excluding steroid dienone is 1. The number of anilines is 4. The summed E-state index contributed by atoms with van der Waals surface area (Å²) < 4.78 is 1.65. The normalized spacial score (nSPS) is 29.2. The molecule has 6 aliphatic rings. The SMILES string of the molecule is O=C1C2C3C=C4c5ccccc5N(c5ccccc5)C4(C2C(=O)N1c1ccc(Br)cc1)C1C(=O)N(c2ccc(Br)cc2)C(=O)C31. The molecule has 4 unspecified atom stereocenters. The number of hydrogen-bond acceptors (Lipinski definition) is 5. The van der Waals surface area contributed by atoms with Gasteiger partial charge in [0.05, 0.1) is 40.6 Å². The van der Waals surface area contributed by atoms with Crippen molar-refractivity contribution in [2.75, 3.05) is 14.7 Å². The minimum absolute atomic E-state index is 0.336. The summed E-state index contributed by atoms with van der Waals surface area (Å²) in [5, 5.41) is 0. The topological polar surface area (TPSA) is 78.0 Å². The number of hydrogen-bond donors (Lipinski definition) is 0. The number of carbonyl (C=O) groups excluding carboxylic acids is 4. The van der Waals surface area contributed by atoms with Gasteiger partial charge in [0.1, 0.15) is 0 Å². The maximum Gasteiger partial charge on any atom is 0.240 e. The van der Waals surface area contributed by atoms with Crippen LogP contribution in [0.25, 0.3) is 5.57 Å². The Morgan fingerprint density at radius 2 is 1.02 bits per heavy atom. The Labute approximate surface area is 275 Å². The van der Waals surface area contributed by atoms with Crippen LogP contribution in [0.2, 0.25) is 0 Å². The van der Waals surface area contributed by atoms with E-state index in [2.05, 4.69) is 36.8 Å². The highest BCUT2D eigenvalue weighted by molar-refractivity contribution is 9.10. The summed E-state index contributed by atoms with van der Waals surface area (Å²) in [5.74, 6) is -5.41. The lowest BCUT2D eigenvalue weighted by Gasteiger charge is -2.57. The summed E-state index contributed by atoms with van der Waals surface area (Å²) in [6.07, 6.45) is 2.04. The number of fused-ring (bicyclic) bond motifs is 1. The second-order valence-corrected chi connectivity index (χ2v) is 14.0. The van der Waals surface area contributed by atoms with Crippen molar-refractivity contribution in [3.63, 3.8) is 0 Å². The van der Waals surface area contributed by atoms with E-state index in [9.17, 15) is 19.2 Å². The van der Waals surface area contributed by atoms with Crippen molar-refractivity contribution in [2.24, 2.45) is 29.6 Å². The molecule has 1 spiro atoms. The van der Waals surface area contributed by atoms with Gasteiger partial charge in [-0.3, -0.25) is 19.2 Å². The molecule has 1 saturated carbocycles. The third-order valence-corrected chi connectivity index (χ3v) is 11.3. The molecule has 4 aromatic rings. The van der Waals surface area contributed by atoms with Crippen molar-refractivity contribution in [3.8, 4) is 0 Å². The predicted molar refractivity (Wildman–Crippen MR) is 176 cm³/mol. The molecule has 2 saturated heterocycles. The Bertz CT molecular complexity index is 1920. The number of para-hydroxylation sites is 2. The molecule has 3 fully saturated rings. The van der Waals surface area contributed by atoms with Crippen LogP contribution in [0, 0.1) is 29.6 Å². The fourth-order valence-corrected chi connectivity index (χ4v) is 9.32. The van der Waals surface area contributed by atoms with Crippen LogP contribution < -0.4 is 14.7 Å². The van der Waals surface area contributed by atoms with E-state index >= 15 is 0 Å². The molecule has 3 aliphatic carbocycles. The number of nitrogens with zero attached hydrogens (tertiary/aromatic N) is 3. The van der Waals surface area contributed by atoms with Crippen LogP contribution in [0.3, 0.4) is 0 Å². The minimum atomic E-state index is -1.30. The average Bonchev–Trinajstić information content (AvgIpc) is 3.62. The number of carbonyl (C=O) groups is 4. The highest BCUT2D eigenvalue weighted by atomic mass is 79.9. The molecule has 0 N–H and O–H groups in total. The molecule has 3 heterocycles. The number of halogens is 2.